The van der Waals surface area contributed by atoms with E-state index in [9.17, 15) is 9.36 Å². The highest BCUT2D eigenvalue weighted by atomic mass is 35.5. The standard InChI is InChI=1S/C14H19Cl2NO2.C7H15Cl2N2O2P/c15-8-10-17(11-9-16)13-6-4-12(5-7-13)2-1-3-14(18)19;8-2-5-11(6-3-9)14(12)10-4-1-7-13-14/h4-7H,1-3,8-11H2,(H,18,19);1-7H2,(H,10,12). The third-order valence-corrected chi connectivity index (χ3v) is 7.80. The highest BCUT2D eigenvalue weighted by Crippen LogP contribution is 2.48. The number of anilines is 1. The van der Waals surface area contributed by atoms with Gasteiger partial charge in [-0.1, -0.05) is 12.1 Å². The average molecular weight is 565 g/mol. The first-order chi connectivity index (χ1) is 15.9. The zero-order valence-corrected chi connectivity index (χ0v) is 22.7. The second-order valence-electron chi connectivity index (χ2n) is 7.23. The van der Waals surface area contributed by atoms with Crippen molar-refractivity contribution in [2.45, 2.75) is 25.7 Å². The van der Waals surface area contributed by atoms with E-state index in [1.54, 1.807) is 4.67 Å². The number of hydrogen-bond donors (Lipinski definition) is 2. The normalized spacial score (nSPS) is 18.0. The molecule has 2 rings (SSSR count). The number of carboxylic acid groups (broad SMARTS) is 1. The van der Waals surface area contributed by atoms with Crippen molar-refractivity contribution >= 4 is 65.7 Å². The topological polar surface area (TPSA) is 82.1 Å². The molecule has 2 N–H and O–H groups in total. The summed E-state index contributed by atoms with van der Waals surface area (Å²) in [6, 6.07) is 8.14. The zero-order valence-electron chi connectivity index (χ0n) is 18.7. The molecule has 0 spiro atoms. The summed E-state index contributed by atoms with van der Waals surface area (Å²) >= 11 is 22.8. The van der Waals surface area contributed by atoms with Gasteiger partial charge in [-0.05, 0) is 37.0 Å². The number of aryl methyl sites for hydroxylation is 1. The number of nitrogens with zero attached hydrogens (tertiary/aromatic N) is 2. The summed E-state index contributed by atoms with van der Waals surface area (Å²) in [6.45, 7) is 3.85. The molecule has 1 unspecified atom stereocenters. The van der Waals surface area contributed by atoms with Crippen molar-refractivity contribution < 1.29 is 19.0 Å². The van der Waals surface area contributed by atoms with E-state index in [-0.39, 0.29) is 6.42 Å². The summed E-state index contributed by atoms with van der Waals surface area (Å²) in [5.41, 5.74) is 2.25. The van der Waals surface area contributed by atoms with Gasteiger partial charge >= 0.3 is 13.6 Å². The molecule has 1 fully saturated rings. The molecule has 12 heteroatoms. The summed E-state index contributed by atoms with van der Waals surface area (Å²) in [5, 5.41) is 11.5. The fourth-order valence-corrected chi connectivity index (χ4v) is 6.22. The Hall–Kier alpha value is -0.240. The third kappa shape index (κ3) is 12.3. The van der Waals surface area contributed by atoms with Crippen LogP contribution in [0.2, 0.25) is 0 Å². The zero-order chi connectivity index (χ0) is 24.5. The molecule has 1 aliphatic rings. The molecular weight excluding hydrogens is 531 g/mol. The van der Waals surface area contributed by atoms with Crippen LogP contribution >= 0.6 is 54.1 Å². The maximum atomic E-state index is 12.2. The first-order valence-corrected chi connectivity index (χ1v) is 14.7. The van der Waals surface area contributed by atoms with Gasteiger partial charge in [0.1, 0.15) is 0 Å². The number of nitrogens with one attached hydrogen (secondary N) is 1. The average Bonchev–Trinajstić information content (AvgIpc) is 2.80. The molecule has 0 radical (unpaired) electrons. The van der Waals surface area contributed by atoms with Crippen molar-refractivity contribution in [3.63, 3.8) is 0 Å². The molecular formula is C21H34Cl4N3O4P. The minimum atomic E-state index is -2.84. The molecule has 1 heterocycles. The van der Waals surface area contributed by atoms with Crippen molar-refractivity contribution in [2.75, 3.05) is 67.8 Å². The smallest absolute Gasteiger partial charge is 0.343 e. The van der Waals surface area contributed by atoms with Crippen LogP contribution in [0.15, 0.2) is 24.3 Å². The van der Waals surface area contributed by atoms with Crippen LogP contribution in [-0.4, -0.2) is 78.6 Å². The monoisotopic (exact) mass is 563 g/mol. The lowest BCUT2D eigenvalue weighted by atomic mass is 10.1. The number of rotatable bonds is 14. The van der Waals surface area contributed by atoms with Crippen LogP contribution in [-0.2, 0) is 20.3 Å². The molecule has 190 valence electrons. The summed E-state index contributed by atoms with van der Waals surface area (Å²) < 4.78 is 19.2. The molecule has 0 aromatic heterocycles. The lowest BCUT2D eigenvalue weighted by Crippen LogP contribution is -2.35. The van der Waals surface area contributed by atoms with Gasteiger partial charge in [0.25, 0.3) is 0 Å². The Kier molecular flexibility index (Phi) is 16.9. The van der Waals surface area contributed by atoms with Crippen molar-refractivity contribution in [3.8, 4) is 0 Å². The van der Waals surface area contributed by atoms with Crippen LogP contribution in [0.25, 0.3) is 0 Å². The molecule has 1 aliphatic heterocycles. The van der Waals surface area contributed by atoms with Crippen LogP contribution in [0, 0.1) is 0 Å². The van der Waals surface area contributed by atoms with Gasteiger partial charge in [0, 0.05) is 68.4 Å². The number of aliphatic carboxylic acids is 1. The van der Waals surface area contributed by atoms with Crippen LogP contribution in [0.3, 0.4) is 0 Å². The van der Waals surface area contributed by atoms with E-state index in [1.807, 2.05) is 24.3 Å². The van der Waals surface area contributed by atoms with Crippen LogP contribution in [0.4, 0.5) is 5.69 Å². The van der Waals surface area contributed by atoms with E-state index >= 15 is 0 Å². The minimum Gasteiger partial charge on any atom is -0.481 e. The molecule has 0 bridgehead atoms. The van der Waals surface area contributed by atoms with E-state index in [2.05, 4.69) is 9.99 Å². The molecule has 33 heavy (non-hydrogen) atoms. The van der Waals surface area contributed by atoms with E-state index < -0.39 is 13.6 Å². The van der Waals surface area contributed by atoms with Gasteiger partial charge in [0.05, 0.1) is 6.61 Å². The van der Waals surface area contributed by atoms with Crippen LogP contribution < -0.4 is 9.99 Å². The summed E-state index contributed by atoms with van der Waals surface area (Å²) in [5.74, 6) is 1.24. The predicted molar refractivity (Wildman–Crippen MR) is 140 cm³/mol. The highest BCUT2D eigenvalue weighted by molar-refractivity contribution is 7.54. The molecule has 1 aromatic carbocycles. The number of halogens is 4. The lowest BCUT2D eigenvalue weighted by molar-refractivity contribution is -0.137. The lowest BCUT2D eigenvalue weighted by Gasteiger charge is -2.33. The largest absolute Gasteiger partial charge is 0.481 e. The first kappa shape index (κ1) is 30.8. The summed E-state index contributed by atoms with van der Waals surface area (Å²) in [6.07, 6.45) is 2.56. The van der Waals surface area contributed by atoms with Crippen molar-refractivity contribution in [3.05, 3.63) is 29.8 Å². The van der Waals surface area contributed by atoms with Gasteiger partial charge < -0.3 is 14.5 Å². The van der Waals surface area contributed by atoms with Crippen molar-refractivity contribution in [1.29, 1.82) is 0 Å². The maximum absolute atomic E-state index is 12.2. The third-order valence-electron chi connectivity index (χ3n) is 4.82. The second kappa shape index (κ2) is 18.1. The first-order valence-electron chi connectivity index (χ1n) is 10.9. The number of carbonyl (C=O) groups is 1. The fraction of sp³-hybridized carbons (Fsp3) is 0.667. The van der Waals surface area contributed by atoms with Gasteiger partial charge in [0.15, 0.2) is 0 Å². The number of carboxylic acids is 1. The van der Waals surface area contributed by atoms with Gasteiger partial charge in [-0.15, -0.1) is 46.4 Å². The number of benzene rings is 1. The van der Waals surface area contributed by atoms with Gasteiger partial charge in [-0.25, -0.2) is 9.76 Å². The molecule has 1 aromatic rings. The Morgan fingerprint density at radius 3 is 2.03 bits per heavy atom. The van der Waals surface area contributed by atoms with Gasteiger partial charge in [-0.3, -0.25) is 9.36 Å². The summed E-state index contributed by atoms with van der Waals surface area (Å²) in [4.78, 5) is 12.6. The van der Waals surface area contributed by atoms with E-state index in [0.717, 1.165) is 43.7 Å². The van der Waals surface area contributed by atoms with E-state index in [4.69, 9.17) is 56.0 Å². The predicted octanol–water partition coefficient (Wildman–Crippen LogP) is 5.26. The highest BCUT2D eigenvalue weighted by Gasteiger charge is 2.32. The number of alkyl halides is 4. The van der Waals surface area contributed by atoms with Crippen LogP contribution in [0.1, 0.15) is 24.8 Å². The Bertz CT molecular complexity index is 693. The quantitative estimate of drug-likeness (QED) is 0.235. The Morgan fingerprint density at radius 2 is 1.58 bits per heavy atom. The Labute approximate surface area is 217 Å². The SMILES string of the molecule is O=C(O)CCCc1ccc(N(CCCl)CCCl)cc1.O=P1(N(CCCl)CCCl)NCCCO1. The summed E-state index contributed by atoms with van der Waals surface area (Å²) in [7, 11) is -2.84. The Balaban J connectivity index is 0.000000346. The molecule has 0 aliphatic carbocycles. The minimum absolute atomic E-state index is 0.215. The van der Waals surface area contributed by atoms with E-state index in [1.165, 1.54) is 0 Å². The fourth-order valence-electron chi connectivity index (χ4n) is 3.17. The van der Waals surface area contributed by atoms with Gasteiger partial charge in [-0.2, -0.15) is 0 Å². The van der Waals surface area contributed by atoms with Crippen molar-refractivity contribution in [2.24, 2.45) is 0 Å². The van der Waals surface area contributed by atoms with E-state index in [0.29, 0.717) is 49.6 Å². The molecule has 1 saturated heterocycles. The molecule has 0 amide bonds. The Morgan fingerprint density at radius 1 is 1.00 bits per heavy atom. The maximum Gasteiger partial charge on any atom is 0.343 e. The van der Waals surface area contributed by atoms with Crippen LogP contribution in [0.5, 0.6) is 0 Å². The molecule has 1 atom stereocenters. The molecule has 0 saturated carbocycles. The second-order valence-corrected chi connectivity index (χ2v) is 10.9. The van der Waals surface area contributed by atoms with Gasteiger partial charge in [0.2, 0.25) is 0 Å². The number of hydrogen-bond acceptors (Lipinski definition) is 4. The molecule has 7 nitrogen and oxygen atoms in total. The van der Waals surface area contributed by atoms with Crippen molar-refractivity contribution in [1.82, 2.24) is 9.76 Å².